The summed E-state index contributed by atoms with van der Waals surface area (Å²) in [5, 5.41) is 0. The van der Waals surface area contributed by atoms with Crippen molar-refractivity contribution >= 4 is 16.8 Å². The van der Waals surface area contributed by atoms with Crippen LogP contribution in [0, 0.1) is 0 Å². The van der Waals surface area contributed by atoms with Crippen LogP contribution >= 0.6 is 0 Å². The van der Waals surface area contributed by atoms with Gasteiger partial charge in [0.25, 0.3) is 0 Å². The van der Waals surface area contributed by atoms with Crippen LogP contribution in [0.5, 0.6) is 0 Å². The van der Waals surface area contributed by atoms with E-state index in [0.717, 1.165) is 30.9 Å². The monoisotopic (exact) mass is 339 g/mol. The minimum absolute atomic E-state index is 0.216. The van der Waals surface area contributed by atoms with E-state index in [1.54, 1.807) is 0 Å². The second-order valence-electron chi connectivity index (χ2n) is 5.62. The van der Waals surface area contributed by atoms with Gasteiger partial charge < -0.3 is 9.47 Å². The highest BCUT2D eigenvalue weighted by Gasteiger charge is 2.20. The van der Waals surface area contributed by atoms with Gasteiger partial charge in [-0.05, 0) is 25.0 Å². The number of benzene rings is 1. The number of carbonyl (C=O) groups is 1. The lowest BCUT2D eigenvalue weighted by Crippen LogP contribution is -2.36. The van der Waals surface area contributed by atoms with Gasteiger partial charge in [-0.15, -0.1) is 0 Å². The third-order valence-electron chi connectivity index (χ3n) is 3.94. The Morgan fingerprint density at radius 1 is 1.35 bits per heavy atom. The van der Waals surface area contributed by atoms with E-state index in [-0.39, 0.29) is 12.1 Å². The molecule has 0 radical (unpaired) electrons. The van der Waals surface area contributed by atoms with E-state index in [4.69, 9.17) is 9.47 Å². The normalized spacial score (nSPS) is 19.0. The van der Waals surface area contributed by atoms with Crippen LogP contribution in [0.3, 0.4) is 0 Å². The van der Waals surface area contributed by atoms with Crippen molar-refractivity contribution in [3.63, 3.8) is 0 Å². The summed E-state index contributed by atoms with van der Waals surface area (Å²) in [6.45, 7) is 2.88. The Morgan fingerprint density at radius 3 is 2.78 bits per heavy atom. The van der Waals surface area contributed by atoms with Crippen LogP contribution in [0.1, 0.15) is 19.3 Å². The smallest absolute Gasteiger partial charge is 0.306 e. The lowest BCUT2D eigenvalue weighted by atomic mass is 10.2. The van der Waals surface area contributed by atoms with Crippen LogP contribution in [0.2, 0.25) is 0 Å². The molecule has 0 amide bonds. The molecule has 0 N–H and O–H groups in total. The van der Waals surface area contributed by atoms with Gasteiger partial charge >= 0.3 is 5.97 Å². The molecule has 2 atom stereocenters. The molecule has 1 fully saturated rings. The maximum absolute atomic E-state index is 12.3. The molecule has 1 saturated heterocycles. The van der Waals surface area contributed by atoms with Crippen LogP contribution in [0.4, 0.5) is 0 Å². The summed E-state index contributed by atoms with van der Waals surface area (Å²) >= 11 is 0. The summed E-state index contributed by atoms with van der Waals surface area (Å²) in [4.78, 5) is 14.4. The molecule has 1 heterocycles. The number of hydrogen-bond donors (Lipinski definition) is 0. The highest BCUT2D eigenvalue weighted by Crippen LogP contribution is 2.14. The quantitative estimate of drug-likeness (QED) is 0.643. The number of esters is 1. The molecule has 6 heteroatoms. The van der Waals surface area contributed by atoms with Gasteiger partial charge in [-0.1, -0.05) is 18.2 Å². The zero-order chi connectivity index (χ0) is 16.5. The van der Waals surface area contributed by atoms with E-state index >= 15 is 0 Å². The van der Waals surface area contributed by atoms with Gasteiger partial charge in [0.15, 0.2) is 0 Å². The average molecular weight is 339 g/mol. The number of hydrogen-bond acceptors (Lipinski definition) is 5. The molecule has 0 aliphatic carbocycles. The zero-order valence-electron chi connectivity index (χ0n) is 13.6. The summed E-state index contributed by atoms with van der Waals surface area (Å²) in [6, 6.07) is 9.48. The standard InChI is InChI=1S/C17H25NO4S/c1-21-17(19)9-10-18(14-15-6-5-12-22-15)11-13-23(20)16-7-3-2-4-8-16/h2-4,7-8,15H,5-6,9-14H2,1H3. The van der Waals surface area contributed by atoms with E-state index in [9.17, 15) is 9.00 Å². The maximum atomic E-state index is 12.3. The first-order valence-corrected chi connectivity index (χ1v) is 9.35. The topological polar surface area (TPSA) is 55.8 Å². The Morgan fingerprint density at radius 2 is 2.13 bits per heavy atom. The van der Waals surface area contributed by atoms with Crippen LogP contribution in [-0.4, -0.2) is 60.3 Å². The second-order valence-corrected chi connectivity index (χ2v) is 7.20. The average Bonchev–Trinajstić information content (AvgIpc) is 3.10. The lowest BCUT2D eigenvalue weighted by molar-refractivity contribution is -0.141. The van der Waals surface area contributed by atoms with Gasteiger partial charge in [-0.25, -0.2) is 0 Å². The van der Waals surface area contributed by atoms with Crippen molar-refractivity contribution in [2.75, 3.05) is 39.1 Å². The molecule has 1 aliphatic rings. The fourth-order valence-electron chi connectivity index (χ4n) is 2.62. The summed E-state index contributed by atoms with van der Waals surface area (Å²) < 4.78 is 22.7. The molecule has 0 saturated carbocycles. The Labute approximate surface area is 140 Å². The third kappa shape index (κ3) is 6.41. The molecule has 0 aromatic heterocycles. The van der Waals surface area contributed by atoms with Crippen molar-refractivity contribution in [2.45, 2.75) is 30.3 Å². The molecule has 5 nitrogen and oxygen atoms in total. The van der Waals surface area contributed by atoms with Gasteiger partial charge in [0.2, 0.25) is 0 Å². The van der Waals surface area contributed by atoms with E-state index in [1.807, 2.05) is 30.3 Å². The summed E-state index contributed by atoms with van der Waals surface area (Å²) in [5.41, 5.74) is 0. The predicted molar refractivity (Wildman–Crippen MR) is 89.8 cm³/mol. The maximum Gasteiger partial charge on any atom is 0.306 e. The van der Waals surface area contributed by atoms with Gasteiger partial charge in [-0.2, -0.15) is 0 Å². The number of carbonyl (C=O) groups excluding carboxylic acids is 1. The molecule has 1 aromatic rings. The Bertz CT molecular complexity index is 503. The summed E-state index contributed by atoms with van der Waals surface area (Å²) in [6.07, 6.45) is 2.71. The fraction of sp³-hybridized carbons (Fsp3) is 0.588. The van der Waals surface area contributed by atoms with Crippen LogP contribution in [-0.2, 0) is 25.1 Å². The van der Waals surface area contributed by atoms with Gasteiger partial charge in [0, 0.05) is 36.9 Å². The van der Waals surface area contributed by atoms with Crippen molar-refractivity contribution in [1.82, 2.24) is 4.90 Å². The fourth-order valence-corrected chi connectivity index (χ4v) is 3.74. The van der Waals surface area contributed by atoms with Crippen LogP contribution in [0.25, 0.3) is 0 Å². The molecular formula is C17H25NO4S. The molecule has 0 spiro atoms. The molecule has 23 heavy (non-hydrogen) atoms. The predicted octanol–water partition coefficient (Wildman–Crippen LogP) is 1.84. The van der Waals surface area contributed by atoms with Gasteiger partial charge in [0.05, 0.1) is 30.4 Å². The zero-order valence-corrected chi connectivity index (χ0v) is 14.4. The lowest BCUT2D eigenvalue weighted by Gasteiger charge is -2.24. The van der Waals surface area contributed by atoms with Crippen molar-refractivity contribution in [1.29, 1.82) is 0 Å². The molecule has 2 rings (SSSR count). The molecule has 1 aliphatic heterocycles. The Hall–Kier alpha value is -1.24. The van der Waals surface area contributed by atoms with Crippen LogP contribution in [0.15, 0.2) is 35.2 Å². The van der Waals surface area contributed by atoms with E-state index < -0.39 is 10.8 Å². The van der Waals surface area contributed by atoms with E-state index in [1.165, 1.54) is 7.11 Å². The molecular weight excluding hydrogens is 314 g/mol. The van der Waals surface area contributed by atoms with E-state index in [0.29, 0.717) is 25.3 Å². The minimum atomic E-state index is -1.02. The molecule has 128 valence electrons. The summed E-state index contributed by atoms with van der Waals surface area (Å²) in [5.74, 6) is 0.337. The van der Waals surface area contributed by atoms with Gasteiger partial charge in [-0.3, -0.25) is 13.9 Å². The first-order valence-electron chi connectivity index (χ1n) is 8.03. The van der Waals surface area contributed by atoms with Crippen molar-refractivity contribution in [3.05, 3.63) is 30.3 Å². The van der Waals surface area contributed by atoms with E-state index in [2.05, 4.69) is 4.90 Å². The Kier molecular flexibility index (Phi) is 7.71. The first-order chi connectivity index (χ1) is 11.2. The summed E-state index contributed by atoms with van der Waals surface area (Å²) in [7, 11) is 0.378. The largest absolute Gasteiger partial charge is 0.469 e. The molecule has 1 aromatic carbocycles. The van der Waals surface area contributed by atoms with Gasteiger partial charge in [0.1, 0.15) is 0 Å². The number of ether oxygens (including phenoxy) is 2. The van der Waals surface area contributed by atoms with Crippen LogP contribution < -0.4 is 0 Å². The Balaban J connectivity index is 1.85. The minimum Gasteiger partial charge on any atom is -0.469 e. The van der Waals surface area contributed by atoms with Crippen molar-refractivity contribution < 1.29 is 18.5 Å². The highest BCUT2D eigenvalue weighted by atomic mass is 32.2. The number of methoxy groups -OCH3 is 1. The molecule has 0 bridgehead atoms. The first kappa shape index (κ1) is 18.1. The number of nitrogens with zero attached hydrogens (tertiary/aromatic N) is 1. The number of rotatable bonds is 9. The highest BCUT2D eigenvalue weighted by molar-refractivity contribution is 7.85. The van der Waals surface area contributed by atoms with Crippen molar-refractivity contribution in [3.8, 4) is 0 Å². The SMILES string of the molecule is COC(=O)CCN(CCS(=O)c1ccccc1)CC1CCCO1. The second kappa shape index (κ2) is 9.80. The third-order valence-corrected chi connectivity index (χ3v) is 5.30. The molecule has 2 unspecified atom stereocenters. The van der Waals surface area contributed by atoms with Crippen molar-refractivity contribution in [2.24, 2.45) is 0 Å².